The molecule has 0 spiro atoms. The second-order valence-electron chi connectivity index (χ2n) is 6.52. The van der Waals surface area contributed by atoms with Crippen LogP contribution in [0.3, 0.4) is 0 Å². The normalized spacial score (nSPS) is 14.1. The molecule has 0 aliphatic carbocycles. The number of hydrogen-bond acceptors (Lipinski definition) is 3. The van der Waals surface area contributed by atoms with E-state index in [9.17, 15) is 0 Å². The second-order valence-corrected chi connectivity index (χ2v) is 6.52. The molecule has 0 atom stereocenters. The molecule has 2 aromatic carbocycles. The van der Waals surface area contributed by atoms with Gasteiger partial charge in [0.25, 0.3) is 0 Å². The molecule has 4 nitrogen and oxygen atoms in total. The molecule has 1 aliphatic rings. The van der Waals surface area contributed by atoms with E-state index in [1.807, 2.05) is 30.3 Å². The number of fused-ring (bicyclic) bond motifs is 1. The lowest BCUT2D eigenvalue weighted by Gasteiger charge is -2.27. The fourth-order valence-corrected chi connectivity index (χ4v) is 3.46. The highest BCUT2D eigenvalue weighted by molar-refractivity contribution is 5.57. The Kier molecular flexibility index (Phi) is 4.09. The molecule has 0 unspecified atom stereocenters. The second kappa shape index (κ2) is 6.54. The molecule has 1 aliphatic heterocycles. The minimum Gasteiger partial charge on any atom is -0.330 e. The van der Waals surface area contributed by atoms with Crippen LogP contribution in [0.15, 0.2) is 54.6 Å². The topological polar surface area (TPSA) is 44.9 Å². The Morgan fingerprint density at radius 1 is 1.08 bits per heavy atom. The van der Waals surface area contributed by atoms with Gasteiger partial charge in [-0.3, -0.25) is 4.90 Å². The van der Waals surface area contributed by atoms with E-state index in [4.69, 9.17) is 10.2 Å². The Bertz CT molecular complexity index is 917. The molecular formula is C21H20N4. The first-order chi connectivity index (χ1) is 12.2. The van der Waals surface area contributed by atoms with Crippen LogP contribution < -0.4 is 0 Å². The quantitative estimate of drug-likeness (QED) is 0.739. The highest BCUT2D eigenvalue weighted by Crippen LogP contribution is 2.26. The van der Waals surface area contributed by atoms with E-state index in [1.165, 1.54) is 17.0 Å². The van der Waals surface area contributed by atoms with Crippen molar-refractivity contribution in [3.63, 3.8) is 0 Å². The van der Waals surface area contributed by atoms with Crippen LogP contribution in [-0.2, 0) is 26.6 Å². The van der Waals surface area contributed by atoms with Crippen LogP contribution in [0.4, 0.5) is 0 Å². The van der Waals surface area contributed by atoms with Gasteiger partial charge in [0.1, 0.15) is 5.82 Å². The van der Waals surface area contributed by atoms with Crippen molar-refractivity contribution in [2.75, 3.05) is 6.54 Å². The fourth-order valence-electron chi connectivity index (χ4n) is 3.46. The highest BCUT2D eigenvalue weighted by Gasteiger charge is 2.23. The van der Waals surface area contributed by atoms with E-state index >= 15 is 0 Å². The van der Waals surface area contributed by atoms with Crippen LogP contribution in [0.5, 0.6) is 0 Å². The van der Waals surface area contributed by atoms with Crippen LogP contribution in [-0.4, -0.2) is 21.0 Å². The van der Waals surface area contributed by atoms with Gasteiger partial charge in [-0.05, 0) is 17.7 Å². The molecule has 0 saturated carbocycles. The Balaban J connectivity index is 1.55. The molecule has 25 heavy (non-hydrogen) atoms. The lowest BCUT2D eigenvalue weighted by molar-refractivity contribution is 0.238. The summed E-state index contributed by atoms with van der Waals surface area (Å²) in [5.74, 6) is 1.05. The van der Waals surface area contributed by atoms with Gasteiger partial charge in [0.2, 0.25) is 0 Å². The summed E-state index contributed by atoms with van der Waals surface area (Å²) in [6, 6.07) is 20.4. The predicted octanol–water partition coefficient (Wildman–Crippen LogP) is 3.52. The van der Waals surface area contributed by atoms with Crippen molar-refractivity contribution in [2.24, 2.45) is 7.05 Å². The number of benzene rings is 2. The number of imidazole rings is 1. The summed E-state index contributed by atoms with van der Waals surface area (Å²) in [5.41, 5.74) is 5.64. The monoisotopic (exact) mass is 328 g/mol. The van der Waals surface area contributed by atoms with E-state index in [2.05, 4.69) is 46.8 Å². The van der Waals surface area contributed by atoms with Crippen LogP contribution >= 0.6 is 0 Å². The summed E-state index contributed by atoms with van der Waals surface area (Å²) in [6.07, 6.45) is 0.978. The molecule has 0 fully saturated rings. The van der Waals surface area contributed by atoms with Crippen molar-refractivity contribution < 1.29 is 0 Å². The maximum absolute atomic E-state index is 8.92. The van der Waals surface area contributed by atoms with Crippen molar-refractivity contribution in [3.05, 3.63) is 77.1 Å². The van der Waals surface area contributed by atoms with Crippen molar-refractivity contribution in [1.29, 1.82) is 5.26 Å². The number of nitrogens with zero attached hydrogens (tertiary/aromatic N) is 4. The van der Waals surface area contributed by atoms with Crippen LogP contribution in [0.25, 0.3) is 11.4 Å². The molecule has 4 heteroatoms. The van der Waals surface area contributed by atoms with Gasteiger partial charge >= 0.3 is 0 Å². The third-order valence-electron chi connectivity index (χ3n) is 4.86. The highest BCUT2D eigenvalue weighted by atomic mass is 15.2. The van der Waals surface area contributed by atoms with Gasteiger partial charge in [-0.15, -0.1) is 0 Å². The maximum Gasteiger partial charge on any atom is 0.140 e. The average Bonchev–Trinajstić information content (AvgIpc) is 2.99. The average molecular weight is 328 g/mol. The molecule has 2 heterocycles. The first kappa shape index (κ1) is 15.6. The van der Waals surface area contributed by atoms with Gasteiger partial charge in [0.05, 0.1) is 23.0 Å². The van der Waals surface area contributed by atoms with Gasteiger partial charge in [-0.1, -0.05) is 42.5 Å². The number of aromatic nitrogens is 2. The Labute approximate surface area is 148 Å². The molecule has 124 valence electrons. The van der Waals surface area contributed by atoms with E-state index < -0.39 is 0 Å². The zero-order chi connectivity index (χ0) is 17.2. The number of rotatable bonds is 3. The smallest absolute Gasteiger partial charge is 0.140 e. The van der Waals surface area contributed by atoms with Gasteiger partial charge in [0.15, 0.2) is 0 Å². The van der Waals surface area contributed by atoms with Crippen molar-refractivity contribution in [1.82, 2.24) is 14.5 Å². The SMILES string of the molecule is Cn1c(-c2ccccc2)nc2c1CN(Cc1ccc(C#N)cc1)CC2. The van der Waals surface area contributed by atoms with E-state index in [0.717, 1.165) is 37.4 Å². The summed E-state index contributed by atoms with van der Waals surface area (Å²) in [4.78, 5) is 7.33. The molecule has 0 amide bonds. The molecule has 4 rings (SSSR count). The van der Waals surface area contributed by atoms with E-state index in [1.54, 1.807) is 0 Å². The molecular weight excluding hydrogens is 308 g/mol. The Morgan fingerprint density at radius 3 is 2.56 bits per heavy atom. The molecule has 1 aromatic heterocycles. The molecule has 0 N–H and O–H groups in total. The molecule has 0 bridgehead atoms. The zero-order valence-electron chi connectivity index (χ0n) is 14.3. The van der Waals surface area contributed by atoms with Crippen LogP contribution in [0.2, 0.25) is 0 Å². The van der Waals surface area contributed by atoms with E-state index in [-0.39, 0.29) is 0 Å². The first-order valence-electron chi connectivity index (χ1n) is 8.56. The van der Waals surface area contributed by atoms with Gasteiger partial charge < -0.3 is 4.57 Å². The van der Waals surface area contributed by atoms with Crippen molar-refractivity contribution in [3.8, 4) is 17.5 Å². The van der Waals surface area contributed by atoms with E-state index in [0.29, 0.717) is 5.56 Å². The van der Waals surface area contributed by atoms with Gasteiger partial charge in [-0.25, -0.2) is 4.98 Å². The minimum absolute atomic E-state index is 0.712. The molecule has 0 radical (unpaired) electrons. The third kappa shape index (κ3) is 3.07. The molecule has 3 aromatic rings. The summed E-state index contributed by atoms with van der Waals surface area (Å²) >= 11 is 0. The Morgan fingerprint density at radius 2 is 1.84 bits per heavy atom. The lowest BCUT2D eigenvalue weighted by Crippen LogP contribution is -2.31. The summed E-state index contributed by atoms with van der Waals surface area (Å²) in [6.45, 7) is 2.82. The zero-order valence-corrected chi connectivity index (χ0v) is 14.3. The molecule has 0 saturated heterocycles. The van der Waals surface area contributed by atoms with Crippen molar-refractivity contribution in [2.45, 2.75) is 19.5 Å². The number of nitriles is 1. The summed E-state index contributed by atoms with van der Waals surface area (Å²) in [5, 5.41) is 8.92. The largest absolute Gasteiger partial charge is 0.330 e. The number of hydrogen-bond donors (Lipinski definition) is 0. The standard InChI is InChI=1S/C21H20N4/c1-24-20-15-25(14-17-9-7-16(13-22)8-10-17)12-11-19(20)23-21(24)18-5-3-2-4-6-18/h2-10H,11-12,14-15H2,1H3. The maximum atomic E-state index is 8.92. The summed E-state index contributed by atoms with van der Waals surface area (Å²) in [7, 11) is 2.11. The summed E-state index contributed by atoms with van der Waals surface area (Å²) < 4.78 is 2.23. The predicted molar refractivity (Wildman–Crippen MR) is 97.6 cm³/mol. The first-order valence-corrected chi connectivity index (χ1v) is 8.56. The van der Waals surface area contributed by atoms with Crippen LogP contribution in [0, 0.1) is 11.3 Å². The third-order valence-corrected chi connectivity index (χ3v) is 4.86. The van der Waals surface area contributed by atoms with Gasteiger partial charge in [-0.2, -0.15) is 5.26 Å². The Hall–Kier alpha value is -2.90. The van der Waals surface area contributed by atoms with Gasteiger partial charge in [0, 0.05) is 38.7 Å². The fraction of sp³-hybridized carbons (Fsp3) is 0.238. The lowest BCUT2D eigenvalue weighted by atomic mass is 10.1. The van der Waals surface area contributed by atoms with Crippen LogP contribution in [0.1, 0.15) is 22.5 Å². The minimum atomic E-state index is 0.712. The van der Waals surface area contributed by atoms with Crippen molar-refractivity contribution >= 4 is 0 Å².